The second-order valence-corrected chi connectivity index (χ2v) is 5.53. The first-order valence-corrected chi connectivity index (χ1v) is 7.91. The predicted octanol–water partition coefficient (Wildman–Crippen LogP) is 4.54. The molecule has 1 fully saturated rings. The minimum absolute atomic E-state index is 0.0493. The first kappa shape index (κ1) is 16.7. The molecule has 112 valence electrons. The highest BCUT2D eigenvalue weighted by molar-refractivity contribution is 5.94. The zero-order chi connectivity index (χ0) is 15.0. The fourth-order valence-corrected chi connectivity index (χ4v) is 2.64. The van der Waals surface area contributed by atoms with Gasteiger partial charge in [0.25, 0.3) is 0 Å². The molecule has 0 radical (unpaired) electrons. The molecule has 20 heavy (non-hydrogen) atoms. The molecule has 1 aliphatic carbocycles. The number of unbranched alkanes of at least 4 members (excludes halogenated alkanes) is 2. The summed E-state index contributed by atoms with van der Waals surface area (Å²) in [4.78, 5) is 12.0. The lowest BCUT2D eigenvalue weighted by atomic mass is 9.74. The van der Waals surface area contributed by atoms with Crippen LogP contribution >= 0.6 is 0 Å². The van der Waals surface area contributed by atoms with Crippen molar-refractivity contribution >= 4 is 5.91 Å². The van der Waals surface area contributed by atoms with Gasteiger partial charge < -0.3 is 5.32 Å². The van der Waals surface area contributed by atoms with Gasteiger partial charge in [-0.15, -0.1) is 0 Å². The number of rotatable bonds is 7. The van der Waals surface area contributed by atoms with Crippen molar-refractivity contribution < 1.29 is 4.79 Å². The van der Waals surface area contributed by atoms with Crippen LogP contribution in [0.25, 0.3) is 0 Å². The summed E-state index contributed by atoms with van der Waals surface area (Å²) in [7, 11) is 1.71. The summed E-state index contributed by atoms with van der Waals surface area (Å²) in [6.45, 7) is 6.23. The first-order valence-electron chi connectivity index (χ1n) is 7.91. The van der Waals surface area contributed by atoms with Crippen molar-refractivity contribution in [3.63, 3.8) is 0 Å². The van der Waals surface area contributed by atoms with Gasteiger partial charge in [0.1, 0.15) is 0 Å². The number of nitrogens with one attached hydrogen (secondary N) is 1. The van der Waals surface area contributed by atoms with Crippen LogP contribution in [-0.4, -0.2) is 13.0 Å². The zero-order valence-corrected chi connectivity index (χ0v) is 13.5. The Kier molecular flexibility index (Phi) is 7.35. The van der Waals surface area contributed by atoms with Gasteiger partial charge in [-0.05, 0) is 50.2 Å². The van der Waals surface area contributed by atoms with Crippen LogP contribution in [0.2, 0.25) is 0 Å². The second kappa shape index (κ2) is 8.78. The van der Waals surface area contributed by atoms with Crippen LogP contribution in [0.15, 0.2) is 34.9 Å². The molecule has 0 saturated heterocycles. The lowest BCUT2D eigenvalue weighted by molar-refractivity contribution is -0.117. The number of hydrogen-bond donors (Lipinski definition) is 1. The van der Waals surface area contributed by atoms with Crippen molar-refractivity contribution in [3.8, 4) is 0 Å². The predicted molar refractivity (Wildman–Crippen MR) is 86.5 cm³/mol. The van der Waals surface area contributed by atoms with Gasteiger partial charge >= 0.3 is 0 Å². The van der Waals surface area contributed by atoms with Crippen LogP contribution in [0.5, 0.6) is 0 Å². The SMILES string of the molecule is C/C=C(\C=C/CCCC)C(=C(\C)C(=O)NC)/C1CCC1. The molecule has 2 heteroatoms. The Morgan fingerprint density at radius 3 is 2.50 bits per heavy atom. The molecule has 0 aromatic rings. The fourth-order valence-electron chi connectivity index (χ4n) is 2.64. The van der Waals surface area contributed by atoms with Crippen molar-refractivity contribution in [1.29, 1.82) is 0 Å². The van der Waals surface area contributed by atoms with E-state index in [2.05, 4.69) is 37.4 Å². The molecular formula is C18H29NO. The lowest BCUT2D eigenvalue weighted by Gasteiger charge is -2.30. The average Bonchev–Trinajstić information content (AvgIpc) is 2.42. The Morgan fingerprint density at radius 1 is 1.35 bits per heavy atom. The number of hydrogen-bond acceptors (Lipinski definition) is 1. The maximum Gasteiger partial charge on any atom is 0.246 e. The Balaban J connectivity index is 2.96. The standard InChI is InChI=1S/C18H29NO/c1-5-7-8-9-11-15(6-2)17(16-12-10-13-16)14(3)18(20)19-4/h6,9,11,16H,5,7-8,10,12-13H2,1-4H3,(H,19,20)/b11-9-,15-6+,17-14-. The lowest BCUT2D eigenvalue weighted by Crippen LogP contribution is -2.24. The van der Waals surface area contributed by atoms with Crippen molar-refractivity contribution in [2.45, 2.75) is 59.3 Å². The molecule has 1 saturated carbocycles. The molecule has 0 unspecified atom stereocenters. The maximum atomic E-state index is 12.0. The minimum atomic E-state index is 0.0493. The molecule has 1 rings (SSSR count). The Labute approximate surface area is 124 Å². The number of amides is 1. The third-order valence-electron chi connectivity index (χ3n) is 4.13. The van der Waals surface area contributed by atoms with Crippen LogP contribution in [-0.2, 0) is 4.79 Å². The van der Waals surface area contributed by atoms with E-state index in [1.807, 2.05) is 6.92 Å². The van der Waals surface area contributed by atoms with Gasteiger partial charge in [0.05, 0.1) is 0 Å². The molecule has 0 bridgehead atoms. The average molecular weight is 275 g/mol. The molecule has 0 aliphatic heterocycles. The van der Waals surface area contributed by atoms with Gasteiger partial charge in [0, 0.05) is 12.6 Å². The van der Waals surface area contributed by atoms with E-state index >= 15 is 0 Å². The third-order valence-corrected chi connectivity index (χ3v) is 4.13. The van der Waals surface area contributed by atoms with Gasteiger partial charge in [-0.3, -0.25) is 4.79 Å². The third kappa shape index (κ3) is 4.36. The Hall–Kier alpha value is -1.31. The molecule has 1 amide bonds. The van der Waals surface area contributed by atoms with E-state index in [9.17, 15) is 4.79 Å². The van der Waals surface area contributed by atoms with Crippen LogP contribution in [0, 0.1) is 5.92 Å². The normalized spacial score (nSPS) is 17.9. The summed E-state index contributed by atoms with van der Waals surface area (Å²) < 4.78 is 0. The highest BCUT2D eigenvalue weighted by Crippen LogP contribution is 2.39. The Morgan fingerprint density at radius 2 is 2.05 bits per heavy atom. The van der Waals surface area contributed by atoms with Crippen molar-refractivity contribution in [2.24, 2.45) is 5.92 Å². The van der Waals surface area contributed by atoms with E-state index in [1.54, 1.807) is 7.05 Å². The van der Waals surface area contributed by atoms with E-state index in [1.165, 1.54) is 43.3 Å². The summed E-state index contributed by atoms with van der Waals surface area (Å²) in [6, 6.07) is 0. The van der Waals surface area contributed by atoms with Crippen molar-refractivity contribution in [1.82, 2.24) is 5.32 Å². The summed E-state index contributed by atoms with van der Waals surface area (Å²) in [5.74, 6) is 0.613. The summed E-state index contributed by atoms with van der Waals surface area (Å²) >= 11 is 0. The van der Waals surface area contributed by atoms with Gasteiger partial charge in [-0.1, -0.05) is 44.4 Å². The molecule has 0 aromatic heterocycles. The van der Waals surface area contributed by atoms with E-state index in [0.717, 1.165) is 12.0 Å². The van der Waals surface area contributed by atoms with Gasteiger partial charge in [0.2, 0.25) is 5.91 Å². The molecule has 0 heterocycles. The summed E-state index contributed by atoms with van der Waals surface area (Å²) in [5.41, 5.74) is 3.36. The van der Waals surface area contributed by atoms with Gasteiger partial charge in [-0.2, -0.15) is 0 Å². The fraction of sp³-hybridized carbons (Fsp3) is 0.611. The maximum absolute atomic E-state index is 12.0. The van der Waals surface area contributed by atoms with E-state index in [0.29, 0.717) is 5.92 Å². The van der Waals surface area contributed by atoms with Crippen LogP contribution < -0.4 is 5.32 Å². The number of likely N-dealkylation sites (N-methyl/N-ethyl adjacent to an activating group) is 1. The molecule has 2 nitrogen and oxygen atoms in total. The largest absolute Gasteiger partial charge is 0.355 e. The zero-order valence-electron chi connectivity index (χ0n) is 13.5. The quantitative estimate of drug-likeness (QED) is 0.412. The Bertz CT molecular complexity index is 411. The topological polar surface area (TPSA) is 29.1 Å². The highest BCUT2D eigenvalue weighted by Gasteiger charge is 2.26. The van der Waals surface area contributed by atoms with Crippen molar-refractivity contribution in [3.05, 3.63) is 34.9 Å². The van der Waals surface area contributed by atoms with Gasteiger partial charge in [-0.25, -0.2) is 0 Å². The summed E-state index contributed by atoms with van der Waals surface area (Å²) in [5, 5.41) is 2.76. The molecule has 0 spiro atoms. The smallest absolute Gasteiger partial charge is 0.246 e. The minimum Gasteiger partial charge on any atom is -0.355 e. The van der Waals surface area contributed by atoms with Crippen LogP contribution in [0.1, 0.15) is 59.3 Å². The van der Waals surface area contributed by atoms with Crippen LogP contribution in [0.4, 0.5) is 0 Å². The monoisotopic (exact) mass is 275 g/mol. The number of carbonyl (C=O) groups is 1. The van der Waals surface area contributed by atoms with Crippen molar-refractivity contribution in [2.75, 3.05) is 7.05 Å². The van der Waals surface area contributed by atoms with Crippen LogP contribution in [0.3, 0.4) is 0 Å². The molecular weight excluding hydrogens is 246 g/mol. The van der Waals surface area contributed by atoms with E-state index in [4.69, 9.17) is 0 Å². The number of allylic oxidation sites excluding steroid dienone is 5. The van der Waals surface area contributed by atoms with E-state index in [-0.39, 0.29) is 5.91 Å². The summed E-state index contributed by atoms with van der Waals surface area (Å²) in [6.07, 6.45) is 13.9. The van der Waals surface area contributed by atoms with E-state index < -0.39 is 0 Å². The molecule has 0 aromatic carbocycles. The molecule has 1 aliphatic rings. The highest BCUT2D eigenvalue weighted by atomic mass is 16.1. The molecule has 1 N–H and O–H groups in total. The second-order valence-electron chi connectivity index (χ2n) is 5.53. The first-order chi connectivity index (χ1) is 9.65. The molecule has 0 atom stereocenters. The van der Waals surface area contributed by atoms with Gasteiger partial charge in [0.15, 0.2) is 0 Å². The number of carbonyl (C=O) groups excluding carboxylic acids is 1.